The summed E-state index contributed by atoms with van der Waals surface area (Å²) in [6.45, 7) is 1.51. The maximum atomic E-state index is 12.2. The molecule has 0 saturated carbocycles. The van der Waals surface area contributed by atoms with E-state index in [0.717, 1.165) is 23.2 Å². The second-order valence-electron chi connectivity index (χ2n) is 6.04. The molecule has 0 N–H and O–H groups in total. The summed E-state index contributed by atoms with van der Waals surface area (Å²) in [5.41, 5.74) is 2.76. The van der Waals surface area contributed by atoms with Gasteiger partial charge in [-0.3, -0.25) is 9.59 Å². The molecule has 0 aromatic heterocycles. The van der Waals surface area contributed by atoms with E-state index in [1.165, 1.54) is 0 Å². The third kappa shape index (κ3) is 3.68. The van der Waals surface area contributed by atoms with Crippen LogP contribution >= 0.6 is 0 Å². The largest absolute Gasteiger partial charge is 0.311 e. The molecule has 0 aliphatic carbocycles. The first-order valence-corrected chi connectivity index (χ1v) is 7.14. The Morgan fingerprint density at radius 1 is 1.10 bits per heavy atom. The van der Waals surface area contributed by atoms with Crippen LogP contribution in [-0.2, 0) is 11.2 Å². The second-order valence-corrected chi connectivity index (χ2v) is 6.04. The van der Waals surface area contributed by atoms with Crippen molar-refractivity contribution in [2.75, 3.05) is 52.7 Å². The molecule has 0 fully saturated rings. The van der Waals surface area contributed by atoms with Crippen LogP contribution in [0.3, 0.4) is 0 Å². The van der Waals surface area contributed by atoms with Crippen molar-refractivity contribution in [3.8, 4) is 0 Å². The van der Waals surface area contributed by atoms with Crippen LogP contribution in [0.1, 0.15) is 15.9 Å². The molecule has 1 aliphatic rings. The van der Waals surface area contributed by atoms with Crippen LogP contribution in [0.4, 0.5) is 5.69 Å². The van der Waals surface area contributed by atoms with E-state index in [2.05, 4.69) is 0 Å². The van der Waals surface area contributed by atoms with Gasteiger partial charge in [-0.15, -0.1) is 0 Å². The van der Waals surface area contributed by atoms with Crippen molar-refractivity contribution >= 4 is 17.4 Å². The van der Waals surface area contributed by atoms with Gasteiger partial charge in [0.25, 0.3) is 0 Å². The van der Waals surface area contributed by atoms with E-state index in [9.17, 15) is 9.59 Å². The van der Waals surface area contributed by atoms with Gasteiger partial charge in [0.2, 0.25) is 5.91 Å². The summed E-state index contributed by atoms with van der Waals surface area (Å²) in [6.07, 6.45) is 0.817. The minimum absolute atomic E-state index is 0.103. The van der Waals surface area contributed by atoms with Crippen LogP contribution in [-0.4, -0.2) is 69.3 Å². The van der Waals surface area contributed by atoms with Crippen LogP contribution in [0.2, 0.25) is 0 Å². The lowest BCUT2D eigenvalue weighted by atomic mass is 10.0. The molecule has 0 unspecified atom stereocenters. The van der Waals surface area contributed by atoms with E-state index in [1.807, 2.05) is 61.1 Å². The van der Waals surface area contributed by atoms with Gasteiger partial charge in [-0.25, -0.2) is 0 Å². The number of hydrogen-bond acceptors (Lipinski definition) is 4. The first-order valence-electron chi connectivity index (χ1n) is 7.14. The van der Waals surface area contributed by atoms with Gasteiger partial charge in [0.05, 0.1) is 13.1 Å². The summed E-state index contributed by atoms with van der Waals surface area (Å²) < 4.78 is 0. The molecule has 0 atom stereocenters. The molecule has 2 rings (SSSR count). The number of carbonyl (C=O) groups excluding carboxylic acids is 2. The summed E-state index contributed by atoms with van der Waals surface area (Å²) in [5, 5.41) is 0. The van der Waals surface area contributed by atoms with Crippen molar-refractivity contribution in [3.63, 3.8) is 0 Å². The number of likely N-dealkylation sites (N-methyl/N-ethyl adjacent to an activating group) is 2. The predicted molar refractivity (Wildman–Crippen MR) is 83.9 cm³/mol. The molecule has 114 valence electrons. The number of amides is 1. The molecule has 0 spiro atoms. The number of benzene rings is 1. The number of anilines is 1. The molecule has 5 heteroatoms. The van der Waals surface area contributed by atoms with E-state index in [1.54, 1.807) is 0 Å². The molecule has 21 heavy (non-hydrogen) atoms. The third-order valence-corrected chi connectivity index (χ3v) is 3.51. The number of carbonyl (C=O) groups is 2. The molecule has 1 aromatic rings. The Kier molecular flexibility index (Phi) is 4.75. The first-order chi connectivity index (χ1) is 9.88. The number of hydrogen-bond donors (Lipinski definition) is 0. The lowest BCUT2D eigenvalue weighted by Crippen LogP contribution is -2.36. The van der Waals surface area contributed by atoms with Crippen molar-refractivity contribution in [3.05, 3.63) is 29.3 Å². The molecule has 1 aliphatic heterocycles. The zero-order valence-electron chi connectivity index (χ0n) is 13.2. The highest BCUT2D eigenvalue weighted by Gasteiger charge is 2.25. The summed E-state index contributed by atoms with van der Waals surface area (Å²) in [7, 11) is 7.54. The molecule has 0 bridgehead atoms. The van der Waals surface area contributed by atoms with E-state index >= 15 is 0 Å². The molecule has 1 amide bonds. The van der Waals surface area contributed by atoms with Crippen LogP contribution < -0.4 is 4.90 Å². The zero-order valence-corrected chi connectivity index (χ0v) is 13.2. The van der Waals surface area contributed by atoms with Crippen molar-refractivity contribution in [1.29, 1.82) is 0 Å². The maximum Gasteiger partial charge on any atom is 0.241 e. The fourth-order valence-electron chi connectivity index (χ4n) is 2.57. The number of Topliss-reactive ketones (excluding diaryl/α,β-unsaturated/α-hetero) is 1. The van der Waals surface area contributed by atoms with Gasteiger partial charge in [-0.05, 0) is 58.4 Å². The van der Waals surface area contributed by atoms with Gasteiger partial charge in [-0.2, -0.15) is 0 Å². The normalized spacial score (nSPS) is 13.9. The van der Waals surface area contributed by atoms with Gasteiger partial charge in [0.1, 0.15) is 0 Å². The summed E-state index contributed by atoms with van der Waals surface area (Å²) >= 11 is 0. The Bertz CT molecular complexity index is 552. The predicted octanol–water partition coefficient (Wildman–Crippen LogP) is 0.882. The standard InChI is InChI=1S/C16H23N3O2/c1-17(2)10-15(20)13-5-6-14-12(9-13)7-8-19(14)16(21)11-18(3)4/h5-6,9H,7-8,10-11H2,1-4H3. The molecule has 1 aromatic carbocycles. The monoisotopic (exact) mass is 289 g/mol. The maximum absolute atomic E-state index is 12.2. The zero-order chi connectivity index (χ0) is 15.6. The Morgan fingerprint density at radius 2 is 1.76 bits per heavy atom. The molecule has 0 radical (unpaired) electrons. The van der Waals surface area contributed by atoms with Gasteiger partial charge in [0.15, 0.2) is 5.78 Å². The SMILES string of the molecule is CN(C)CC(=O)c1ccc2c(c1)CCN2C(=O)CN(C)C. The third-order valence-electron chi connectivity index (χ3n) is 3.51. The van der Waals surface area contributed by atoms with E-state index in [4.69, 9.17) is 0 Å². The fourth-order valence-corrected chi connectivity index (χ4v) is 2.57. The minimum atomic E-state index is 0.103. The highest BCUT2D eigenvalue weighted by atomic mass is 16.2. The molecule has 0 saturated heterocycles. The smallest absolute Gasteiger partial charge is 0.241 e. The Hall–Kier alpha value is -1.72. The fraction of sp³-hybridized carbons (Fsp3) is 0.500. The van der Waals surface area contributed by atoms with Crippen LogP contribution in [0, 0.1) is 0 Å². The Balaban J connectivity index is 2.16. The number of rotatable bonds is 5. The topological polar surface area (TPSA) is 43.9 Å². The highest BCUT2D eigenvalue weighted by Crippen LogP contribution is 2.29. The number of fused-ring (bicyclic) bond motifs is 1. The van der Waals surface area contributed by atoms with E-state index < -0.39 is 0 Å². The molecule has 1 heterocycles. The highest BCUT2D eigenvalue weighted by molar-refractivity contribution is 6.00. The lowest BCUT2D eigenvalue weighted by molar-refractivity contribution is -0.119. The first kappa shape index (κ1) is 15.7. The number of ketones is 1. The van der Waals surface area contributed by atoms with Gasteiger partial charge >= 0.3 is 0 Å². The number of nitrogens with zero attached hydrogens (tertiary/aromatic N) is 3. The second kappa shape index (κ2) is 6.37. The average Bonchev–Trinajstić information content (AvgIpc) is 2.79. The summed E-state index contributed by atoms with van der Waals surface area (Å²) in [4.78, 5) is 29.8. The van der Waals surface area contributed by atoms with Crippen molar-refractivity contribution in [2.24, 2.45) is 0 Å². The van der Waals surface area contributed by atoms with E-state index in [0.29, 0.717) is 19.6 Å². The molecular weight excluding hydrogens is 266 g/mol. The summed E-state index contributed by atoms with van der Waals surface area (Å²) in [5.74, 6) is 0.215. The molecule has 5 nitrogen and oxygen atoms in total. The van der Waals surface area contributed by atoms with Crippen molar-refractivity contribution in [1.82, 2.24) is 9.80 Å². The lowest BCUT2D eigenvalue weighted by Gasteiger charge is -2.20. The van der Waals surface area contributed by atoms with Gasteiger partial charge in [0, 0.05) is 17.8 Å². The summed E-state index contributed by atoms with van der Waals surface area (Å²) in [6, 6.07) is 5.66. The van der Waals surface area contributed by atoms with Crippen LogP contribution in [0.25, 0.3) is 0 Å². The van der Waals surface area contributed by atoms with E-state index in [-0.39, 0.29) is 11.7 Å². The quantitative estimate of drug-likeness (QED) is 0.755. The van der Waals surface area contributed by atoms with Crippen molar-refractivity contribution in [2.45, 2.75) is 6.42 Å². The van der Waals surface area contributed by atoms with Gasteiger partial charge in [-0.1, -0.05) is 0 Å². The Morgan fingerprint density at radius 3 is 2.38 bits per heavy atom. The Labute approximate surface area is 126 Å². The van der Waals surface area contributed by atoms with Gasteiger partial charge < -0.3 is 14.7 Å². The van der Waals surface area contributed by atoms with Crippen LogP contribution in [0.15, 0.2) is 18.2 Å². The van der Waals surface area contributed by atoms with Crippen molar-refractivity contribution < 1.29 is 9.59 Å². The minimum Gasteiger partial charge on any atom is -0.311 e. The molecular formula is C16H23N3O2. The van der Waals surface area contributed by atoms with Crippen LogP contribution in [0.5, 0.6) is 0 Å². The average molecular weight is 289 g/mol.